The maximum Gasteiger partial charge on any atom is 0.141 e. The van der Waals surface area contributed by atoms with Gasteiger partial charge in [0.15, 0.2) is 0 Å². The van der Waals surface area contributed by atoms with Crippen LogP contribution in [-0.2, 0) is 19.4 Å². The monoisotopic (exact) mass is 224 g/mol. The Morgan fingerprint density at radius 3 is 2.31 bits per heavy atom. The summed E-state index contributed by atoms with van der Waals surface area (Å²) in [4.78, 5) is 0. The lowest BCUT2D eigenvalue weighted by atomic mass is 10.1. The molecule has 0 atom stereocenters. The van der Waals surface area contributed by atoms with E-state index in [1.165, 1.54) is 18.4 Å². The molecule has 0 aliphatic carbocycles. The molecule has 1 N–H and O–H groups in total. The van der Waals surface area contributed by atoms with Gasteiger partial charge >= 0.3 is 0 Å². The molecule has 0 unspecified atom stereocenters. The summed E-state index contributed by atoms with van der Waals surface area (Å²) in [7, 11) is 0. The van der Waals surface area contributed by atoms with Crippen molar-refractivity contribution in [1.82, 2.24) is 10.5 Å². The number of nitrogens with one attached hydrogen (secondary N) is 1. The fourth-order valence-electron chi connectivity index (χ4n) is 1.96. The molecule has 3 nitrogen and oxygen atoms in total. The average molecular weight is 224 g/mol. The molecule has 1 aromatic heterocycles. The molecule has 0 spiro atoms. The lowest BCUT2D eigenvalue weighted by Crippen LogP contribution is -2.27. The van der Waals surface area contributed by atoms with Crippen LogP contribution in [0, 0.1) is 0 Å². The molecular weight excluding hydrogens is 200 g/mol. The van der Waals surface area contributed by atoms with Gasteiger partial charge in [0.25, 0.3) is 0 Å². The highest BCUT2D eigenvalue weighted by atomic mass is 16.5. The van der Waals surface area contributed by atoms with Crippen molar-refractivity contribution in [2.75, 3.05) is 0 Å². The molecule has 0 amide bonds. The van der Waals surface area contributed by atoms with Gasteiger partial charge in [0, 0.05) is 24.6 Å². The lowest BCUT2D eigenvalue weighted by molar-refractivity contribution is 0.379. The molecule has 0 fully saturated rings. The predicted molar refractivity (Wildman–Crippen MR) is 66.5 cm³/mol. The van der Waals surface area contributed by atoms with Crippen molar-refractivity contribution in [2.45, 2.75) is 66.0 Å². The molecule has 0 saturated heterocycles. The topological polar surface area (TPSA) is 38.1 Å². The van der Waals surface area contributed by atoms with E-state index in [0.717, 1.165) is 30.8 Å². The zero-order valence-electron chi connectivity index (χ0n) is 11.0. The maximum atomic E-state index is 5.35. The van der Waals surface area contributed by atoms with E-state index in [-0.39, 0.29) is 0 Å². The molecular formula is C13H24N2O. The molecule has 0 aliphatic heterocycles. The van der Waals surface area contributed by atoms with Crippen LogP contribution in [0.5, 0.6) is 0 Å². The van der Waals surface area contributed by atoms with Crippen LogP contribution in [0.25, 0.3) is 0 Å². The lowest BCUT2D eigenvalue weighted by Gasteiger charge is -2.14. The van der Waals surface area contributed by atoms with Crippen LogP contribution in [0.4, 0.5) is 0 Å². The fraction of sp³-hybridized carbons (Fsp3) is 0.769. The zero-order chi connectivity index (χ0) is 12.0. The Labute approximate surface area is 98.6 Å². The molecule has 0 bridgehead atoms. The summed E-state index contributed by atoms with van der Waals surface area (Å²) in [5.74, 6) is 1.04. The summed E-state index contributed by atoms with van der Waals surface area (Å²) in [6, 6.07) is 0.601. The Morgan fingerprint density at radius 2 is 1.81 bits per heavy atom. The number of aromatic nitrogens is 1. The Balaban J connectivity index is 2.67. The third kappa shape index (κ3) is 3.08. The van der Waals surface area contributed by atoms with Crippen LogP contribution in [0.1, 0.15) is 57.6 Å². The zero-order valence-corrected chi connectivity index (χ0v) is 11.0. The smallest absolute Gasteiger partial charge is 0.141 e. The molecule has 1 aromatic rings. The van der Waals surface area contributed by atoms with Crippen LogP contribution >= 0.6 is 0 Å². The third-order valence-corrected chi connectivity index (χ3v) is 3.16. The highest BCUT2D eigenvalue weighted by Crippen LogP contribution is 2.16. The minimum atomic E-state index is 0.601. The molecule has 0 aromatic carbocycles. The van der Waals surface area contributed by atoms with Gasteiger partial charge in [0.2, 0.25) is 0 Å². The van der Waals surface area contributed by atoms with Gasteiger partial charge in [0.05, 0.1) is 5.69 Å². The fourth-order valence-corrected chi connectivity index (χ4v) is 1.96. The van der Waals surface area contributed by atoms with Crippen LogP contribution in [-0.4, -0.2) is 11.2 Å². The number of rotatable bonds is 7. The van der Waals surface area contributed by atoms with Gasteiger partial charge in [-0.15, -0.1) is 0 Å². The maximum absolute atomic E-state index is 5.35. The molecule has 0 saturated carbocycles. The summed E-state index contributed by atoms with van der Waals surface area (Å²) >= 11 is 0. The molecule has 0 aliphatic rings. The summed E-state index contributed by atoms with van der Waals surface area (Å²) in [6.07, 6.45) is 4.21. The first-order valence-electron chi connectivity index (χ1n) is 6.46. The summed E-state index contributed by atoms with van der Waals surface area (Å²) < 4.78 is 5.35. The first-order valence-corrected chi connectivity index (χ1v) is 6.46. The van der Waals surface area contributed by atoms with Gasteiger partial charge in [-0.05, 0) is 19.3 Å². The standard InChI is InChI=1S/C13H24N2O/c1-5-10(6-2)14-9-11-12(7-3)15-16-13(11)8-4/h10,14H,5-9H2,1-4H3. The number of aryl methyl sites for hydroxylation is 2. The van der Waals surface area contributed by atoms with Gasteiger partial charge < -0.3 is 9.84 Å². The number of nitrogens with zero attached hydrogens (tertiary/aromatic N) is 1. The second-order valence-electron chi connectivity index (χ2n) is 4.13. The minimum absolute atomic E-state index is 0.601. The largest absolute Gasteiger partial charge is 0.361 e. The molecule has 3 heteroatoms. The Kier molecular flexibility index (Phi) is 5.53. The van der Waals surface area contributed by atoms with Gasteiger partial charge in [-0.2, -0.15) is 0 Å². The Morgan fingerprint density at radius 1 is 1.12 bits per heavy atom. The van der Waals surface area contributed by atoms with Crippen LogP contribution < -0.4 is 5.32 Å². The predicted octanol–water partition coefficient (Wildman–Crippen LogP) is 3.08. The average Bonchev–Trinajstić information content (AvgIpc) is 2.72. The quantitative estimate of drug-likeness (QED) is 0.773. The molecule has 16 heavy (non-hydrogen) atoms. The van der Waals surface area contributed by atoms with E-state index >= 15 is 0 Å². The first-order chi connectivity index (χ1) is 7.76. The van der Waals surface area contributed by atoms with Gasteiger partial charge in [-0.25, -0.2) is 0 Å². The van der Waals surface area contributed by atoms with E-state index in [9.17, 15) is 0 Å². The van der Waals surface area contributed by atoms with Crippen molar-refractivity contribution in [1.29, 1.82) is 0 Å². The third-order valence-electron chi connectivity index (χ3n) is 3.16. The van der Waals surface area contributed by atoms with E-state index in [2.05, 4.69) is 38.2 Å². The highest BCUT2D eigenvalue weighted by Gasteiger charge is 2.14. The summed E-state index contributed by atoms with van der Waals surface area (Å²) in [5, 5.41) is 7.69. The van der Waals surface area contributed by atoms with Crippen LogP contribution in [0.15, 0.2) is 4.52 Å². The van der Waals surface area contributed by atoms with Crippen molar-refractivity contribution in [3.8, 4) is 0 Å². The van der Waals surface area contributed by atoms with E-state index < -0.39 is 0 Å². The SMILES string of the molecule is CCc1noc(CC)c1CNC(CC)CC. The van der Waals surface area contributed by atoms with E-state index in [0.29, 0.717) is 6.04 Å². The highest BCUT2D eigenvalue weighted by molar-refractivity contribution is 5.23. The molecule has 1 rings (SSSR count). The van der Waals surface area contributed by atoms with Crippen molar-refractivity contribution < 1.29 is 4.52 Å². The van der Waals surface area contributed by atoms with Gasteiger partial charge in [-0.3, -0.25) is 0 Å². The van der Waals surface area contributed by atoms with E-state index in [4.69, 9.17) is 4.52 Å². The Bertz CT molecular complexity index is 281. The molecule has 1 heterocycles. The van der Waals surface area contributed by atoms with Crippen molar-refractivity contribution in [3.05, 3.63) is 17.0 Å². The second-order valence-corrected chi connectivity index (χ2v) is 4.13. The van der Waals surface area contributed by atoms with E-state index in [1.54, 1.807) is 0 Å². The van der Waals surface area contributed by atoms with Crippen molar-refractivity contribution >= 4 is 0 Å². The van der Waals surface area contributed by atoms with Gasteiger partial charge in [0.1, 0.15) is 5.76 Å². The number of hydrogen-bond acceptors (Lipinski definition) is 3. The first kappa shape index (κ1) is 13.2. The minimum Gasteiger partial charge on any atom is -0.361 e. The Hall–Kier alpha value is -0.830. The van der Waals surface area contributed by atoms with Gasteiger partial charge in [-0.1, -0.05) is 32.9 Å². The van der Waals surface area contributed by atoms with E-state index in [1.807, 2.05) is 0 Å². The van der Waals surface area contributed by atoms with Crippen LogP contribution in [0.2, 0.25) is 0 Å². The van der Waals surface area contributed by atoms with Crippen LogP contribution in [0.3, 0.4) is 0 Å². The van der Waals surface area contributed by atoms with Crippen molar-refractivity contribution in [2.24, 2.45) is 0 Å². The molecule has 0 radical (unpaired) electrons. The summed E-state index contributed by atoms with van der Waals surface area (Å²) in [6.45, 7) is 9.56. The summed E-state index contributed by atoms with van der Waals surface area (Å²) in [5.41, 5.74) is 2.38. The van der Waals surface area contributed by atoms with Crippen molar-refractivity contribution in [3.63, 3.8) is 0 Å². The number of hydrogen-bond donors (Lipinski definition) is 1. The normalized spacial score (nSPS) is 11.3. The second kappa shape index (κ2) is 6.69. The molecule has 92 valence electrons.